The summed E-state index contributed by atoms with van der Waals surface area (Å²) in [5.41, 5.74) is -1.72. The van der Waals surface area contributed by atoms with Crippen molar-refractivity contribution in [1.82, 2.24) is 5.09 Å². The lowest BCUT2D eigenvalue weighted by Gasteiger charge is -2.10. The van der Waals surface area contributed by atoms with Crippen LogP contribution in [0.1, 0.15) is 6.92 Å². The molecule has 0 radical (unpaired) electrons. The lowest BCUT2D eigenvalue weighted by molar-refractivity contribution is 0.235. The summed E-state index contributed by atoms with van der Waals surface area (Å²) in [4.78, 5) is 35.8. The number of rotatable bonds is 4. The first-order valence-corrected chi connectivity index (χ1v) is 6.23. The van der Waals surface area contributed by atoms with E-state index in [1.165, 1.54) is 6.92 Å². The Balaban J connectivity index is 4.44. The fourth-order valence-corrected chi connectivity index (χ4v) is 2.03. The predicted octanol–water partition coefficient (Wildman–Crippen LogP) is 0.0106. The first-order valence-electron chi connectivity index (χ1n) is 3.04. The summed E-state index contributed by atoms with van der Waals surface area (Å²) < 4.78 is 25.0. The molecule has 4 N–H and O–H groups in total. The largest absolute Gasteiger partial charge is 0.430 e. The maximum atomic E-state index is 10.8. The van der Waals surface area contributed by atoms with Gasteiger partial charge in [0.2, 0.25) is 0 Å². The zero-order valence-electron chi connectivity index (χ0n) is 6.58. The third-order valence-corrected chi connectivity index (χ3v) is 2.71. The molecule has 0 fully saturated rings. The van der Waals surface area contributed by atoms with E-state index in [9.17, 15) is 13.9 Å². The van der Waals surface area contributed by atoms with E-state index in [2.05, 4.69) is 4.52 Å². The van der Waals surface area contributed by atoms with Crippen molar-refractivity contribution in [2.24, 2.45) is 0 Å². The molecule has 10 heteroatoms. The van der Waals surface area contributed by atoms with E-state index < -0.39 is 21.0 Å². The number of hydrogen-bond donors (Lipinski definition) is 4. The van der Waals surface area contributed by atoms with Crippen LogP contribution < -0.4 is 5.09 Å². The Kier molecular flexibility index (Phi) is 4.25. The first kappa shape index (κ1) is 12.8. The van der Waals surface area contributed by atoms with E-state index >= 15 is 0 Å². The fraction of sp³-hybridized carbons (Fsp3) is 0.667. The molecule has 0 aliphatic heterocycles. The van der Waals surface area contributed by atoms with Crippen LogP contribution in [-0.4, -0.2) is 26.9 Å². The molecular weight excluding hydrogens is 224 g/mol. The molecule has 0 rings (SSSR count). The van der Waals surface area contributed by atoms with Gasteiger partial charge in [-0.25, -0.2) is 9.13 Å². The second-order valence-corrected chi connectivity index (χ2v) is 4.92. The molecule has 0 saturated carbocycles. The normalized spacial score (nSPS) is 16.3. The SMILES string of the molecule is CCOP(=O)(O)C(=O)NP(=O)(O)O. The van der Waals surface area contributed by atoms with Crippen molar-refractivity contribution in [3.8, 4) is 0 Å². The Morgan fingerprint density at radius 3 is 2.15 bits per heavy atom. The van der Waals surface area contributed by atoms with E-state index in [0.717, 1.165) is 5.09 Å². The van der Waals surface area contributed by atoms with Crippen LogP contribution in [-0.2, 0) is 13.7 Å². The van der Waals surface area contributed by atoms with Crippen LogP contribution in [0.4, 0.5) is 4.79 Å². The number of nitrogens with one attached hydrogen (secondary N) is 1. The number of amides is 1. The van der Waals surface area contributed by atoms with Gasteiger partial charge < -0.3 is 19.2 Å². The van der Waals surface area contributed by atoms with Crippen molar-refractivity contribution in [3.63, 3.8) is 0 Å². The molecule has 78 valence electrons. The molecule has 13 heavy (non-hydrogen) atoms. The molecular formula is C3H9NO7P2. The Morgan fingerprint density at radius 1 is 1.38 bits per heavy atom. The molecule has 8 nitrogen and oxygen atoms in total. The highest BCUT2D eigenvalue weighted by molar-refractivity contribution is 7.72. The Labute approximate surface area is 73.7 Å². The van der Waals surface area contributed by atoms with E-state index in [1.807, 2.05) is 0 Å². The minimum atomic E-state index is -4.85. The molecule has 0 saturated heterocycles. The highest BCUT2D eigenvalue weighted by Gasteiger charge is 2.34. The summed E-state index contributed by atoms with van der Waals surface area (Å²) in [6, 6.07) is 0. The van der Waals surface area contributed by atoms with Crippen molar-refractivity contribution in [3.05, 3.63) is 0 Å². The van der Waals surface area contributed by atoms with Gasteiger partial charge in [0.15, 0.2) is 0 Å². The maximum absolute atomic E-state index is 10.8. The van der Waals surface area contributed by atoms with Crippen molar-refractivity contribution in [1.29, 1.82) is 0 Å². The Bertz CT molecular complexity index is 281. The average Bonchev–Trinajstić information content (AvgIpc) is 1.82. The summed E-state index contributed by atoms with van der Waals surface area (Å²) in [6.07, 6.45) is 0. The van der Waals surface area contributed by atoms with Gasteiger partial charge in [-0.3, -0.25) is 9.88 Å². The molecule has 0 aliphatic rings. The second kappa shape index (κ2) is 4.32. The van der Waals surface area contributed by atoms with Gasteiger partial charge in [0.25, 0.3) is 0 Å². The van der Waals surface area contributed by atoms with Crippen LogP contribution in [0, 0.1) is 0 Å². The summed E-state index contributed by atoms with van der Waals surface area (Å²) in [7, 11) is -9.48. The van der Waals surface area contributed by atoms with Gasteiger partial charge in [-0.1, -0.05) is 0 Å². The van der Waals surface area contributed by atoms with Gasteiger partial charge in [-0.05, 0) is 6.92 Å². The minimum absolute atomic E-state index is 0.220. The number of carbonyl (C=O) groups excluding carboxylic acids is 1. The van der Waals surface area contributed by atoms with Gasteiger partial charge >= 0.3 is 21.0 Å². The average molecular weight is 233 g/mol. The number of hydrogen-bond acceptors (Lipinski definition) is 4. The Hall–Kier alpha value is -0.230. The summed E-state index contributed by atoms with van der Waals surface area (Å²) in [5.74, 6) is 0. The van der Waals surface area contributed by atoms with Crippen LogP contribution in [0.5, 0.6) is 0 Å². The van der Waals surface area contributed by atoms with Crippen molar-refractivity contribution in [2.45, 2.75) is 6.92 Å². The molecule has 0 aromatic rings. The maximum Gasteiger partial charge on any atom is 0.430 e. The lowest BCUT2D eigenvalue weighted by atomic mass is 10.9. The zero-order valence-corrected chi connectivity index (χ0v) is 8.37. The zero-order chi connectivity index (χ0) is 10.7. The molecule has 1 atom stereocenters. The van der Waals surface area contributed by atoms with Crippen molar-refractivity contribution < 1.29 is 33.1 Å². The molecule has 0 heterocycles. The van der Waals surface area contributed by atoms with Crippen LogP contribution in [0.2, 0.25) is 0 Å². The quantitative estimate of drug-likeness (QED) is 0.502. The lowest BCUT2D eigenvalue weighted by Crippen LogP contribution is -2.19. The number of carbonyl (C=O) groups is 1. The highest BCUT2D eigenvalue weighted by atomic mass is 31.2. The third kappa shape index (κ3) is 5.15. The van der Waals surface area contributed by atoms with Crippen molar-refractivity contribution in [2.75, 3.05) is 6.61 Å². The molecule has 0 spiro atoms. The van der Waals surface area contributed by atoms with E-state index in [4.69, 9.17) is 14.7 Å². The third-order valence-electron chi connectivity index (χ3n) is 0.802. The smallest absolute Gasteiger partial charge is 0.318 e. The van der Waals surface area contributed by atoms with Gasteiger partial charge in [0.1, 0.15) is 0 Å². The standard InChI is InChI=1S/C3H9NO7P2/c1-2-11-12(6,7)3(5)4-13(8,9)10/h2H2,1H3,(H,6,7)(H3,4,5,8,9,10). The van der Waals surface area contributed by atoms with Crippen molar-refractivity contribution >= 4 is 21.0 Å². The molecule has 0 aromatic carbocycles. The second-order valence-electron chi connectivity index (χ2n) is 1.90. The molecule has 1 amide bonds. The van der Waals surface area contributed by atoms with Gasteiger partial charge in [-0.15, -0.1) is 0 Å². The van der Waals surface area contributed by atoms with Gasteiger partial charge in [0, 0.05) is 0 Å². The molecule has 0 aliphatic carbocycles. The van der Waals surface area contributed by atoms with Crippen LogP contribution in [0.25, 0.3) is 0 Å². The molecule has 1 unspecified atom stereocenters. The Morgan fingerprint density at radius 2 is 1.85 bits per heavy atom. The molecule has 0 bridgehead atoms. The first-order chi connectivity index (χ1) is 5.69. The monoisotopic (exact) mass is 233 g/mol. The summed E-state index contributed by atoms with van der Waals surface area (Å²) >= 11 is 0. The van der Waals surface area contributed by atoms with Crippen LogP contribution in [0.3, 0.4) is 0 Å². The summed E-state index contributed by atoms with van der Waals surface area (Å²) in [5, 5.41) is 1.03. The minimum Gasteiger partial charge on any atom is -0.318 e. The topological polar surface area (TPSA) is 133 Å². The predicted molar refractivity (Wildman–Crippen MR) is 42.0 cm³/mol. The van der Waals surface area contributed by atoms with E-state index in [0.29, 0.717) is 0 Å². The van der Waals surface area contributed by atoms with Crippen LogP contribution in [0.15, 0.2) is 0 Å². The fourth-order valence-electron chi connectivity index (χ4n) is 0.421. The van der Waals surface area contributed by atoms with Gasteiger partial charge in [0.05, 0.1) is 6.61 Å². The van der Waals surface area contributed by atoms with Gasteiger partial charge in [-0.2, -0.15) is 0 Å². The highest BCUT2D eigenvalue weighted by Crippen LogP contribution is 2.45. The van der Waals surface area contributed by atoms with E-state index in [-0.39, 0.29) is 6.61 Å². The molecule has 0 aromatic heterocycles. The van der Waals surface area contributed by atoms with E-state index in [1.54, 1.807) is 0 Å². The van der Waals surface area contributed by atoms with Crippen LogP contribution >= 0.6 is 15.3 Å². The summed E-state index contributed by atoms with van der Waals surface area (Å²) in [6.45, 7) is 1.13.